The molecule has 14 heavy (non-hydrogen) atoms. The lowest BCUT2D eigenvalue weighted by molar-refractivity contribution is -0.157. The highest BCUT2D eigenvalue weighted by Gasteiger charge is 2.38. The van der Waals surface area contributed by atoms with E-state index in [0.29, 0.717) is 18.4 Å². The van der Waals surface area contributed by atoms with Crippen LogP contribution in [0.3, 0.4) is 0 Å². The zero-order valence-electron chi connectivity index (χ0n) is 8.78. The van der Waals surface area contributed by atoms with Crippen LogP contribution in [0, 0.1) is 0 Å². The summed E-state index contributed by atoms with van der Waals surface area (Å²) in [4.78, 5) is 11.7. The van der Waals surface area contributed by atoms with Gasteiger partial charge in [0.2, 0.25) is 5.91 Å². The highest BCUT2D eigenvalue weighted by atomic mass is 16.2. The topological polar surface area (TPSA) is 49.6 Å². The molecule has 0 spiro atoms. The first-order chi connectivity index (χ1) is 6.68. The Labute approximate surface area is 85.0 Å². The van der Waals surface area contributed by atoms with Gasteiger partial charge in [-0.3, -0.25) is 9.80 Å². The van der Waals surface area contributed by atoms with E-state index in [0.717, 1.165) is 19.5 Å². The van der Waals surface area contributed by atoms with Gasteiger partial charge < -0.3 is 5.73 Å². The Hall–Kier alpha value is -0.610. The van der Waals surface area contributed by atoms with E-state index < -0.39 is 0 Å². The maximum atomic E-state index is 11.7. The van der Waals surface area contributed by atoms with Gasteiger partial charge in [0.05, 0.1) is 0 Å². The molecular formula is C10H19N3O. The fourth-order valence-corrected chi connectivity index (χ4v) is 2.06. The molecule has 1 aliphatic heterocycles. The summed E-state index contributed by atoms with van der Waals surface area (Å²) in [7, 11) is 0. The van der Waals surface area contributed by atoms with E-state index in [1.807, 2.05) is 11.9 Å². The van der Waals surface area contributed by atoms with Crippen LogP contribution in [0.1, 0.15) is 32.6 Å². The van der Waals surface area contributed by atoms with E-state index in [1.165, 1.54) is 12.8 Å². The molecule has 4 nitrogen and oxygen atoms in total. The van der Waals surface area contributed by atoms with Gasteiger partial charge in [-0.25, -0.2) is 5.01 Å². The number of hydrogen-bond donors (Lipinski definition) is 1. The highest BCUT2D eigenvalue weighted by molar-refractivity contribution is 5.77. The van der Waals surface area contributed by atoms with E-state index in [2.05, 4.69) is 5.01 Å². The van der Waals surface area contributed by atoms with Crippen molar-refractivity contribution in [3.8, 4) is 0 Å². The van der Waals surface area contributed by atoms with Crippen molar-refractivity contribution >= 4 is 5.91 Å². The molecule has 2 aliphatic rings. The second-order valence-electron chi connectivity index (χ2n) is 4.46. The van der Waals surface area contributed by atoms with Crippen molar-refractivity contribution in [3.63, 3.8) is 0 Å². The number of hydrazine groups is 1. The van der Waals surface area contributed by atoms with Gasteiger partial charge >= 0.3 is 0 Å². The summed E-state index contributed by atoms with van der Waals surface area (Å²) in [6.45, 7) is 3.79. The van der Waals surface area contributed by atoms with Gasteiger partial charge in [0.15, 0.2) is 0 Å². The quantitative estimate of drug-likeness (QED) is 0.709. The summed E-state index contributed by atoms with van der Waals surface area (Å²) in [6, 6.07) is 0.628. The fraction of sp³-hybridized carbons (Fsp3) is 0.900. The van der Waals surface area contributed by atoms with Crippen LogP contribution in [0.5, 0.6) is 0 Å². The Bertz CT molecular complexity index is 225. The van der Waals surface area contributed by atoms with Crippen molar-refractivity contribution in [2.75, 3.05) is 13.1 Å². The molecular weight excluding hydrogens is 178 g/mol. The predicted octanol–water partition coefficient (Wildman–Crippen LogP) is 0.335. The Morgan fingerprint density at radius 1 is 1.57 bits per heavy atom. The van der Waals surface area contributed by atoms with E-state index in [1.54, 1.807) is 0 Å². The molecule has 2 N–H and O–H groups in total. The second kappa shape index (κ2) is 3.87. The zero-order chi connectivity index (χ0) is 10.1. The molecule has 1 unspecified atom stereocenters. The van der Waals surface area contributed by atoms with Gasteiger partial charge in [0.1, 0.15) is 0 Å². The van der Waals surface area contributed by atoms with Crippen molar-refractivity contribution < 1.29 is 4.79 Å². The molecule has 0 bridgehead atoms. The van der Waals surface area contributed by atoms with Crippen molar-refractivity contribution in [1.29, 1.82) is 0 Å². The highest BCUT2D eigenvalue weighted by Crippen LogP contribution is 2.31. The van der Waals surface area contributed by atoms with Gasteiger partial charge in [-0.2, -0.15) is 0 Å². The standard InChI is InChI=1S/C10H19N3O/c1-8(11)7-12-6-2-3-10(14)13(12)9-4-5-9/h8-9H,2-7,11H2,1H3. The number of nitrogens with two attached hydrogens (primary N) is 1. The van der Waals surface area contributed by atoms with Crippen molar-refractivity contribution in [3.05, 3.63) is 0 Å². The molecule has 0 aromatic carbocycles. The molecule has 80 valence electrons. The lowest BCUT2D eigenvalue weighted by Gasteiger charge is -2.39. The molecule has 0 aromatic rings. The maximum absolute atomic E-state index is 11.7. The molecule has 1 amide bonds. The van der Waals surface area contributed by atoms with Crippen molar-refractivity contribution in [2.45, 2.75) is 44.7 Å². The lowest BCUT2D eigenvalue weighted by Crippen LogP contribution is -2.54. The van der Waals surface area contributed by atoms with Crippen molar-refractivity contribution in [1.82, 2.24) is 10.0 Å². The van der Waals surface area contributed by atoms with E-state index in [4.69, 9.17) is 5.73 Å². The third-order valence-corrected chi connectivity index (χ3v) is 2.76. The van der Waals surface area contributed by atoms with Gasteiger partial charge in [-0.15, -0.1) is 0 Å². The van der Waals surface area contributed by atoms with Gasteiger partial charge in [-0.1, -0.05) is 0 Å². The summed E-state index contributed by atoms with van der Waals surface area (Å²) in [5.74, 6) is 0.291. The second-order valence-corrected chi connectivity index (χ2v) is 4.46. The number of nitrogens with zero attached hydrogens (tertiary/aromatic N) is 2. The summed E-state index contributed by atoms with van der Waals surface area (Å²) in [5, 5.41) is 4.11. The van der Waals surface area contributed by atoms with Crippen LogP contribution in [-0.4, -0.2) is 41.1 Å². The minimum Gasteiger partial charge on any atom is -0.327 e. The number of amides is 1. The average molecular weight is 197 g/mol. The van der Waals surface area contributed by atoms with E-state index in [9.17, 15) is 4.79 Å². The fourth-order valence-electron chi connectivity index (χ4n) is 2.06. The third-order valence-electron chi connectivity index (χ3n) is 2.76. The van der Waals surface area contributed by atoms with Gasteiger partial charge in [-0.05, 0) is 26.2 Å². The molecule has 0 radical (unpaired) electrons. The van der Waals surface area contributed by atoms with Gasteiger partial charge in [0, 0.05) is 31.6 Å². The Balaban J connectivity index is 2.00. The first-order valence-electron chi connectivity index (χ1n) is 5.51. The van der Waals surface area contributed by atoms with Crippen LogP contribution < -0.4 is 5.73 Å². The van der Waals surface area contributed by atoms with Crippen LogP contribution in [0.15, 0.2) is 0 Å². The number of rotatable bonds is 3. The van der Waals surface area contributed by atoms with Crippen LogP contribution in [0.4, 0.5) is 0 Å². The number of hydrogen-bond acceptors (Lipinski definition) is 3. The van der Waals surface area contributed by atoms with Crippen LogP contribution >= 0.6 is 0 Å². The smallest absolute Gasteiger partial charge is 0.237 e. The number of carbonyl (C=O) groups excluding carboxylic acids is 1. The Morgan fingerprint density at radius 3 is 2.86 bits per heavy atom. The maximum Gasteiger partial charge on any atom is 0.237 e. The first kappa shape index (κ1) is 9.93. The molecule has 1 saturated carbocycles. The molecule has 1 aliphatic carbocycles. The summed E-state index contributed by atoms with van der Waals surface area (Å²) in [5.41, 5.74) is 5.77. The normalized spacial score (nSPS) is 26.7. The molecule has 1 heterocycles. The monoisotopic (exact) mass is 197 g/mol. The molecule has 0 aromatic heterocycles. The van der Waals surface area contributed by atoms with Crippen LogP contribution in [0.25, 0.3) is 0 Å². The summed E-state index contributed by atoms with van der Waals surface area (Å²) in [6.07, 6.45) is 4.03. The molecule has 1 atom stereocenters. The average Bonchev–Trinajstić information content (AvgIpc) is 2.86. The largest absolute Gasteiger partial charge is 0.327 e. The zero-order valence-corrected chi connectivity index (χ0v) is 8.78. The molecule has 1 saturated heterocycles. The minimum atomic E-state index is 0.141. The third kappa shape index (κ3) is 2.07. The molecule has 2 rings (SSSR count). The van der Waals surface area contributed by atoms with Gasteiger partial charge in [0.25, 0.3) is 0 Å². The van der Waals surface area contributed by atoms with Crippen molar-refractivity contribution in [2.24, 2.45) is 5.73 Å². The van der Waals surface area contributed by atoms with Crippen LogP contribution in [0.2, 0.25) is 0 Å². The minimum absolute atomic E-state index is 0.141. The first-order valence-corrected chi connectivity index (χ1v) is 5.51. The Kier molecular flexibility index (Phi) is 2.74. The summed E-state index contributed by atoms with van der Waals surface area (Å²) >= 11 is 0. The Morgan fingerprint density at radius 2 is 2.29 bits per heavy atom. The predicted molar refractivity (Wildman–Crippen MR) is 54.3 cm³/mol. The SMILES string of the molecule is CC(N)CN1CCCC(=O)N1C1CC1. The van der Waals surface area contributed by atoms with Crippen LogP contribution in [-0.2, 0) is 4.79 Å². The molecule has 2 fully saturated rings. The lowest BCUT2D eigenvalue weighted by atomic mass is 10.2. The molecule has 4 heteroatoms. The summed E-state index contributed by atoms with van der Waals surface area (Å²) < 4.78 is 0. The number of carbonyl (C=O) groups is 1. The van der Waals surface area contributed by atoms with E-state index in [-0.39, 0.29) is 6.04 Å². The van der Waals surface area contributed by atoms with E-state index >= 15 is 0 Å².